The molecule has 2 heterocycles. The molecule has 1 aromatic heterocycles. The second kappa shape index (κ2) is 7.46. The first-order chi connectivity index (χ1) is 9.98. The van der Waals surface area contributed by atoms with Crippen molar-refractivity contribution in [2.24, 2.45) is 5.92 Å². The molecule has 0 aliphatic carbocycles. The first-order valence-corrected chi connectivity index (χ1v) is 8.50. The third kappa shape index (κ3) is 5.48. The van der Waals surface area contributed by atoms with Gasteiger partial charge in [-0.05, 0) is 65.1 Å². The van der Waals surface area contributed by atoms with Crippen molar-refractivity contribution in [2.75, 3.05) is 13.1 Å². The van der Waals surface area contributed by atoms with E-state index in [0.717, 1.165) is 24.8 Å². The van der Waals surface area contributed by atoms with Crippen LogP contribution in [-0.2, 0) is 13.1 Å². The highest BCUT2D eigenvalue weighted by atomic mass is 16.3. The zero-order chi connectivity index (χ0) is 15.3. The molecule has 3 nitrogen and oxygen atoms in total. The summed E-state index contributed by atoms with van der Waals surface area (Å²) in [5, 5.41) is 3.52. The van der Waals surface area contributed by atoms with E-state index in [-0.39, 0.29) is 5.54 Å². The lowest BCUT2D eigenvalue weighted by Crippen LogP contribution is -2.35. The summed E-state index contributed by atoms with van der Waals surface area (Å²) in [6.45, 7) is 13.2. The summed E-state index contributed by atoms with van der Waals surface area (Å²) < 4.78 is 5.69. The van der Waals surface area contributed by atoms with Crippen molar-refractivity contribution < 1.29 is 4.42 Å². The van der Waals surface area contributed by atoms with Crippen molar-refractivity contribution in [1.29, 1.82) is 0 Å². The maximum Gasteiger partial charge on any atom is 0.122 e. The minimum Gasteiger partial charge on any atom is -0.468 e. The van der Waals surface area contributed by atoms with Crippen LogP contribution in [0.25, 0.3) is 0 Å². The molecule has 0 saturated carbocycles. The van der Waals surface area contributed by atoms with Crippen LogP contribution in [0.1, 0.15) is 64.7 Å². The second-order valence-electron chi connectivity index (χ2n) is 7.45. The molecule has 1 atom stereocenters. The van der Waals surface area contributed by atoms with Crippen molar-refractivity contribution in [3.05, 3.63) is 23.7 Å². The minimum absolute atomic E-state index is 0.126. The van der Waals surface area contributed by atoms with Crippen LogP contribution < -0.4 is 5.32 Å². The van der Waals surface area contributed by atoms with Gasteiger partial charge in [-0.15, -0.1) is 0 Å². The molecule has 1 unspecified atom stereocenters. The predicted octanol–water partition coefficient (Wildman–Crippen LogP) is 4.18. The number of hydrogen-bond acceptors (Lipinski definition) is 3. The Hall–Kier alpha value is -0.800. The van der Waals surface area contributed by atoms with E-state index >= 15 is 0 Å². The average Bonchev–Trinajstić information content (AvgIpc) is 2.73. The van der Waals surface area contributed by atoms with Crippen LogP contribution in [0, 0.1) is 5.92 Å². The lowest BCUT2D eigenvalue weighted by molar-refractivity contribution is 0.268. The van der Waals surface area contributed by atoms with Gasteiger partial charge in [0.05, 0.1) is 12.8 Å². The summed E-state index contributed by atoms with van der Waals surface area (Å²) in [7, 11) is 0. The smallest absolute Gasteiger partial charge is 0.122 e. The van der Waals surface area contributed by atoms with Gasteiger partial charge < -0.3 is 9.73 Å². The Labute approximate surface area is 130 Å². The van der Waals surface area contributed by atoms with E-state index in [4.69, 9.17) is 4.42 Å². The molecule has 0 spiro atoms. The maximum atomic E-state index is 5.69. The highest BCUT2D eigenvalue weighted by molar-refractivity contribution is 5.17. The van der Waals surface area contributed by atoms with Gasteiger partial charge in [0.1, 0.15) is 5.76 Å². The molecule has 3 heteroatoms. The number of nitrogens with zero attached hydrogens (tertiary/aromatic N) is 1. The molecule has 0 bridgehead atoms. The molecule has 1 aliphatic heterocycles. The van der Waals surface area contributed by atoms with Gasteiger partial charge in [-0.1, -0.05) is 13.3 Å². The summed E-state index contributed by atoms with van der Waals surface area (Å²) in [6, 6.07) is 2.14. The van der Waals surface area contributed by atoms with Crippen LogP contribution >= 0.6 is 0 Å². The number of hydrogen-bond donors (Lipinski definition) is 1. The number of nitrogens with one attached hydrogen (secondary N) is 1. The summed E-state index contributed by atoms with van der Waals surface area (Å²) in [6.07, 6.45) is 7.26. The molecule has 0 aromatic carbocycles. The fourth-order valence-electron chi connectivity index (χ4n) is 3.04. The van der Waals surface area contributed by atoms with E-state index in [1.807, 2.05) is 6.26 Å². The fraction of sp³-hybridized carbons (Fsp3) is 0.778. The summed E-state index contributed by atoms with van der Waals surface area (Å²) in [5.41, 5.74) is 1.47. The van der Waals surface area contributed by atoms with Gasteiger partial charge in [0.2, 0.25) is 0 Å². The Bertz CT molecular complexity index is 419. The van der Waals surface area contributed by atoms with Gasteiger partial charge in [-0.3, -0.25) is 4.90 Å². The van der Waals surface area contributed by atoms with Crippen LogP contribution in [0.5, 0.6) is 0 Å². The number of rotatable bonds is 5. The molecular formula is C18H32N2O. The zero-order valence-electron chi connectivity index (χ0n) is 14.2. The van der Waals surface area contributed by atoms with Gasteiger partial charge in [0, 0.05) is 17.6 Å². The maximum absolute atomic E-state index is 5.69. The number of furan rings is 1. The molecule has 21 heavy (non-hydrogen) atoms. The van der Waals surface area contributed by atoms with Crippen molar-refractivity contribution in [2.45, 2.75) is 72.0 Å². The van der Waals surface area contributed by atoms with Crippen LogP contribution in [-0.4, -0.2) is 23.5 Å². The molecule has 0 amide bonds. The lowest BCUT2D eigenvalue weighted by atomic mass is 9.98. The largest absolute Gasteiger partial charge is 0.468 e. The third-order valence-corrected chi connectivity index (χ3v) is 4.53. The highest BCUT2D eigenvalue weighted by Gasteiger charge is 2.18. The lowest BCUT2D eigenvalue weighted by Gasteiger charge is -2.22. The summed E-state index contributed by atoms with van der Waals surface area (Å²) in [4.78, 5) is 2.60. The second-order valence-corrected chi connectivity index (χ2v) is 7.45. The molecule has 1 aromatic rings. The molecular weight excluding hydrogens is 260 g/mol. The normalized spacial score (nSPS) is 21.4. The van der Waals surface area contributed by atoms with E-state index in [9.17, 15) is 0 Å². The molecule has 2 rings (SSSR count). The average molecular weight is 292 g/mol. The van der Waals surface area contributed by atoms with E-state index in [0.29, 0.717) is 0 Å². The molecule has 1 aliphatic rings. The third-order valence-electron chi connectivity index (χ3n) is 4.53. The topological polar surface area (TPSA) is 28.4 Å². The standard InChI is InChI=1S/C18H32N2O/c1-5-15-7-6-10-20(11-8-15)14-16-9-12-21-17(16)13-19-18(2,3)4/h9,12,15,19H,5-8,10-11,13-14H2,1-4H3. The van der Waals surface area contributed by atoms with Gasteiger partial charge in [0.15, 0.2) is 0 Å². The van der Waals surface area contributed by atoms with E-state index in [1.54, 1.807) is 0 Å². The van der Waals surface area contributed by atoms with Crippen LogP contribution in [0.3, 0.4) is 0 Å². The van der Waals surface area contributed by atoms with Crippen molar-refractivity contribution >= 4 is 0 Å². The van der Waals surface area contributed by atoms with Gasteiger partial charge >= 0.3 is 0 Å². The Morgan fingerprint density at radius 1 is 1.29 bits per heavy atom. The van der Waals surface area contributed by atoms with Gasteiger partial charge in [-0.2, -0.15) is 0 Å². The zero-order valence-corrected chi connectivity index (χ0v) is 14.2. The molecule has 120 valence electrons. The first kappa shape index (κ1) is 16.6. The van der Waals surface area contributed by atoms with Crippen LogP contribution in [0.15, 0.2) is 16.7 Å². The Morgan fingerprint density at radius 3 is 2.81 bits per heavy atom. The summed E-state index contributed by atoms with van der Waals surface area (Å²) >= 11 is 0. The van der Waals surface area contributed by atoms with Crippen molar-refractivity contribution in [3.8, 4) is 0 Å². The molecule has 0 radical (unpaired) electrons. The number of likely N-dealkylation sites (tertiary alicyclic amines) is 1. The quantitative estimate of drug-likeness (QED) is 0.882. The first-order valence-electron chi connectivity index (χ1n) is 8.50. The minimum atomic E-state index is 0.126. The Kier molecular flexibility index (Phi) is 5.88. The van der Waals surface area contributed by atoms with Gasteiger partial charge in [0.25, 0.3) is 0 Å². The van der Waals surface area contributed by atoms with E-state index < -0.39 is 0 Å². The summed E-state index contributed by atoms with van der Waals surface area (Å²) in [5.74, 6) is 2.03. The Balaban J connectivity index is 1.89. The monoisotopic (exact) mass is 292 g/mol. The molecule has 1 fully saturated rings. The SMILES string of the molecule is CCC1CCCN(Cc2ccoc2CNC(C)(C)C)CC1. The van der Waals surface area contributed by atoms with Crippen molar-refractivity contribution in [3.63, 3.8) is 0 Å². The molecule has 1 saturated heterocycles. The van der Waals surface area contributed by atoms with Gasteiger partial charge in [-0.25, -0.2) is 0 Å². The predicted molar refractivity (Wildman–Crippen MR) is 88.2 cm³/mol. The molecule has 1 N–H and O–H groups in total. The van der Waals surface area contributed by atoms with E-state index in [2.05, 4.69) is 44.0 Å². The van der Waals surface area contributed by atoms with Crippen molar-refractivity contribution in [1.82, 2.24) is 10.2 Å². The fourth-order valence-corrected chi connectivity index (χ4v) is 3.04. The highest BCUT2D eigenvalue weighted by Crippen LogP contribution is 2.22. The van der Waals surface area contributed by atoms with Crippen LogP contribution in [0.2, 0.25) is 0 Å². The van der Waals surface area contributed by atoms with Crippen LogP contribution in [0.4, 0.5) is 0 Å². The van der Waals surface area contributed by atoms with E-state index in [1.165, 1.54) is 44.3 Å². The Morgan fingerprint density at radius 2 is 2.10 bits per heavy atom.